The maximum Gasteiger partial charge on any atom is 0.163 e. The maximum absolute atomic E-state index is 12.4. The van der Waals surface area contributed by atoms with Crippen LogP contribution in [0.5, 0.6) is 0 Å². The predicted molar refractivity (Wildman–Crippen MR) is 40.9 cm³/mol. The Kier molecular flexibility index (Phi) is 2.10. The van der Waals surface area contributed by atoms with Crippen LogP contribution < -0.4 is 0 Å². The van der Waals surface area contributed by atoms with Gasteiger partial charge in [-0.2, -0.15) is 0 Å². The van der Waals surface area contributed by atoms with E-state index in [1.165, 1.54) is 13.2 Å². The minimum atomic E-state index is -0.919. The van der Waals surface area contributed by atoms with E-state index in [1.54, 1.807) is 6.07 Å². The summed E-state index contributed by atoms with van der Waals surface area (Å²) >= 11 is 2.00. The van der Waals surface area contributed by atoms with E-state index >= 15 is 0 Å². The third kappa shape index (κ3) is 1.67. The molecular formula is C6H6FIO. The summed E-state index contributed by atoms with van der Waals surface area (Å²) in [6, 6.07) is 1.69. The van der Waals surface area contributed by atoms with Gasteiger partial charge in [-0.05, 0) is 35.6 Å². The van der Waals surface area contributed by atoms with Crippen LogP contribution in [-0.4, -0.2) is 0 Å². The molecule has 0 saturated heterocycles. The van der Waals surface area contributed by atoms with Gasteiger partial charge in [-0.25, -0.2) is 4.39 Å². The lowest BCUT2D eigenvalue weighted by Gasteiger charge is -1.90. The number of rotatable bonds is 1. The molecule has 0 fully saturated rings. The second-order valence-corrected chi connectivity index (χ2v) is 2.86. The van der Waals surface area contributed by atoms with Gasteiger partial charge in [-0.15, -0.1) is 0 Å². The normalized spacial score (nSPS) is 13.7. The Balaban J connectivity index is 2.85. The van der Waals surface area contributed by atoms with Gasteiger partial charge in [-0.1, -0.05) is 0 Å². The molecule has 0 saturated carbocycles. The summed E-state index contributed by atoms with van der Waals surface area (Å²) in [5.74, 6) is 0. The van der Waals surface area contributed by atoms with Crippen molar-refractivity contribution in [3.63, 3.8) is 0 Å². The molecule has 50 valence electrons. The molecule has 0 amide bonds. The van der Waals surface area contributed by atoms with Crippen molar-refractivity contribution >= 4 is 22.6 Å². The topological polar surface area (TPSA) is 13.1 Å². The van der Waals surface area contributed by atoms with Gasteiger partial charge >= 0.3 is 0 Å². The summed E-state index contributed by atoms with van der Waals surface area (Å²) in [6.07, 6.45) is 0.518. The smallest absolute Gasteiger partial charge is 0.163 e. The average Bonchev–Trinajstić information content (AvgIpc) is 2.14. The average molecular weight is 240 g/mol. The minimum Gasteiger partial charge on any atom is -0.458 e. The van der Waals surface area contributed by atoms with E-state index < -0.39 is 6.17 Å². The van der Waals surface area contributed by atoms with Gasteiger partial charge in [0.05, 0.1) is 6.26 Å². The van der Waals surface area contributed by atoms with Crippen molar-refractivity contribution in [1.29, 1.82) is 0 Å². The predicted octanol–water partition coefficient (Wildman–Crippen LogP) is 2.91. The van der Waals surface area contributed by atoms with E-state index in [1.807, 2.05) is 22.6 Å². The van der Waals surface area contributed by atoms with E-state index in [0.29, 0.717) is 5.56 Å². The molecule has 0 bridgehead atoms. The van der Waals surface area contributed by atoms with Crippen LogP contribution in [0.15, 0.2) is 16.7 Å². The second kappa shape index (κ2) is 2.68. The molecule has 1 aromatic heterocycles. The number of alkyl halides is 1. The molecule has 0 N–H and O–H groups in total. The van der Waals surface area contributed by atoms with Gasteiger partial charge < -0.3 is 4.42 Å². The third-order valence-electron chi connectivity index (χ3n) is 1.05. The first kappa shape index (κ1) is 7.05. The molecule has 1 atom stereocenters. The van der Waals surface area contributed by atoms with Crippen LogP contribution in [0, 0.1) is 3.77 Å². The van der Waals surface area contributed by atoms with Gasteiger partial charge in [0.15, 0.2) is 3.77 Å². The highest BCUT2D eigenvalue weighted by Crippen LogP contribution is 2.19. The van der Waals surface area contributed by atoms with E-state index in [-0.39, 0.29) is 0 Å². The van der Waals surface area contributed by atoms with Crippen LogP contribution in [0.25, 0.3) is 0 Å². The number of furan rings is 1. The van der Waals surface area contributed by atoms with E-state index in [9.17, 15) is 4.39 Å². The molecule has 1 aromatic rings. The SMILES string of the molecule is CC(F)c1coc(I)c1. The highest BCUT2D eigenvalue weighted by Gasteiger charge is 2.04. The molecule has 0 aromatic carbocycles. The zero-order chi connectivity index (χ0) is 6.85. The molecule has 1 heterocycles. The highest BCUT2D eigenvalue weighted by molar-refractivity contribution is 14.1. The van der Waals surface area contributed by atoms with Crippen molar-refractivity contribution in [2.75, 3.05) is 0 Å². The fourth-order valence-corrected chi connectivity index (χ4v) is 1.02. The quantitative estimate of drug-likeness (QED) is 0.688. The lowest BCUT2D eigenvalue weighted by Crippen LogP contribution is -1.77. The van der Waals surface area contributed by atoms with E-state index in [4.69, 9.17) is 4.42 Å². The monoisotopic (exact) mass is 240 g/mol. The summed E-state index contributed by atoms with van der Waals surface area (Å²) in [4.78, 5) is 0. The molecule has 0 radical (unpaired) electrons. The van der Waals surface area contributed by atoms with Crippen LogP contribution in [0.4, 0.5) is 4.39 Å². The Hall–Kier alpha value is -0.0600. The van der Waals surface area contributed by atoms with Crippen molar-refractivity contribution in [3.05, 3.63) is 21.7 Å². The van der Waals surface area contributed by atoms with Gasteiger partial charge in [0, 0.05) is 5.56 Å². The molecule has 1 unspecified atom stereocenters. The molecule has 1 rings (SSSR count). The Morgan fingerprint density at radius 2 is 2.44 bits per heavy atom. The molecule has 0 aliphatic carbocycles. The van der Waals surface area contributed by atoms with Crippen molar-refractivity contribution in [2.45, 2.75) is 13.1 Å². The summed E-state index contributed by atoms with van der Waals surface area (Å²) in [5, 5.41) is 0. The Morgan fingerprint density at radius 1 is 1.78 bits per heavy atom. The Bertz CT molecular complexity index is 195. The first-order chi connectivity index (χ1) is 4.20. The first-order valence-corrected chi connectivity index (χ1v) is 3.66. The second-order valence-electron chi connectivity index (χ2n) is 1.80. The molecule has 9 heavy (non-hydrogen) atoms. The van der Waals surface area contributed by atoms with Gasteiger partial charge in [0.1, 0.15) is 6.17 Å². The molecular weight excluding hydrogens is 234 g/mol. The lowest BCUT2D eigenvalue weighted by atomic mass is 10.2. The summed E-state index contributed by atoms with van der Waals surface area (Å²) in [7, 11) is 0. The van der Waals surface area contributed by atoms with Crippen molar-refractivity contribution in [3.8, 4) is 0 Å². The summed E-state index contributed by atoms with van der Waals surface area (Å²) in [6.45, 7) is 1.49. The van der Waals surface area contributed by atoms with Crippen molar-refractivity contribution < 1.29 is 8.81 Å². The van der Waals surface area contributed by atoms with Crippen LogP contribution in [-0.2, 0) is 0 Å². The standard InChI is InChI=1S/C6H6FIO/c1-4(7)5-2-6(8)9-3-5/h2-4H,1H3. The summed E-state index contributed by atoms with van der Waals surface area (Å²) in [5.41, 5.74) is 0.611. The van der Waals surface area contributed by atoms with Crippen molar-refractivity contribution in [1.82, 2.24) is 0 Å². The summed E-state index contributed by atoms with van der Waals surface area (Å²) < 4.78 is 18.0. The van der Waals surface area contributed by atoms with Crippen LogP contribution >= 0.6 is 22.6 Å². The number of hydrogen-bond donors (Lipinski definition) is 0. The highest BCUT2D eigenvalue weighted by atomic mass is 127. The number of halogens is 2. The van der Waals surface area contributed by atoms with Gasteiger partial charge in [0.25, 0.3) is 0 Å². The third-order valence-corrected chi connectivity index (χ3v) is 1.61. The zero-order valence-electron chi connectivity index (χ0n) is 4.90. The van der Waals surface area contributed by atoms with Gasteiger partial charge in [-0.3, -0.25) is 0 Å². The van der Waals surface area contributed by atoms with Crippen LogP contribution in [0.3, 0.4) is 0 Å². The van der Waals surface area contributed by atoms with Crippen LogP contribution in [0.1, 0.15) is 18.7 Å². The van der Waals surface area contributed by atoms with Crippen LogP contribution in [0.2, 0.25) is 0 Å². The molecule has 3 heteroatoms. The zero-order valence-corrected chi connectivity index (χ0v) is 7.05. The first-order valence-electron chi connectivity index (χ1n) is 2.58. The maximum atomic E-state index is 12.4. The largest absolute Gasteiger partial charge is 0.458 e. The van der Waals surface area contributed by atoms with E-state index in [2.05, 4.69) is 0 Å². The molecule has 0 spiro atoms. The fraction of sp³-hybridized carbons (Fsp3) is 0.333. The Labute approximate surface area is 66.4 Å². The fourth-order valence-electron chi connectivity index (χ4n) is 0.532. The van der Waals surface area contributed by atoms with E-state index in [0.717, 1.165) is 3.77 Å². The molecule has 0 aliphatic rings. The van der Waals surface area contributed by atoms with Gasteiger partial charge in [0.2, 0.25) is 0 Å². The Morgan fingerprint density at radius 3 is 2.67 bits per heavy atom. The van der Waals surface area contributed by atoms with Crippen molar-refractivity contribution in [2.24, 2.45) is 0 Å². The lowest BCUT2D eigenvalue weighted by molar-refractivity contribution is 0.370. The molecule has 0 aliphatic heterocycles. The molecule has 1 nitrogen and oxygen atoms in total. The minimum absolute atomic E-state index is 0.611. The number of hydrogen-bond acceptors (Lipinski definition) is 1.